The summed E-state index contributed by atoms with van der Waals surface area (Å²) < 4.78 is 2.61. The molecule has 2 amide bonds. The van der Waals surface area contributed by atoms with Gasteiger partial charge in [0.1, 0.15) is 0 Å². The molecule has 0 aliphatic carbocycles. The van der Waals surface area contributed by atoms with Crippen molar-refractivity contribution in [2.24, 2.45) is 0 Å². The van der Waals surface area contributed by atoms with Crippen LogP contribution in [0.25, 0.3) is 5.03 Å². The lowest BCUT2D eigenvalue weighted by Crippen LogP contribution is -2.25. The molecule has 0 saturated carbocycles. The molecule has 0 spiro atoms. The van der Waals surface area contributed by atoms with Gasteiger partial charge in [0.15, 0.2) is 0 Å². The van der Waals surface area contributed by atoms with E-state index in [1.54, 1.807) is 6.08 Å². The Morgan fingerprint density at radius 3 is 2.60 bits per heavy atom. The molecule has 0 unspecified atom stereocenters. The van der Waals surface area contributed by atoms with Crippen LogP contribution in [0.1, 0.15) is 5.56 Å². The largest absolute Gasteiger partial charge is 0.271 e. The molecular formula is C15H9ClINO2. The van der Waals surface area contributed by atoms with Crippen LogP contribution in [0, 0.1) is 0 Å². The number of benzene rings is 1. The maximum atomic E-state index is 12.2. The van der Waals surface area contributed by atoms with Crippen molar-refractivity contribution in [3.63, 3.8) is 0 Å². The maximum absolute atomic E-state index is 12.2. The Bertz CT molecular complexity index is 683. The Kier molecular flexibility index (Phi) is 3.67. The number of carbonyl (C=O) groups is 2. The zero-order valence-electron chi connectivity index (χ0n) is 10.2. The van der Waals surface area contributed by atoms with Crippen molar-refractivity contribution in [1.29, 1.82) is 0 Å². The molecule has 3 rings (SSSR count). The van der Waals surface area contributed by atoms with E-state index in [9.17, 15) is 9.59 Å². The highest BCUT2D eigenvalue weighted by Gasteiger charge is 2.36. The Balaban J connectivity index is 1.94. The van der Waals surface area contributed by atoms with E-state index in [2.05, 4.69) is 0 Å². The van der Waals surface area contributed by atoms with Crippen molar-refractivity contribution < 1.29 is 9.59 Å². The monoisotopic (exact) mass is 397 g/mol. The van der Waals surface area contributed by atoms with Crippen LogP contribution in [0.2, 0.25) is 0 Å². The summed E-state index contributed by atoms with van der Waals surface area (Å²) in [5.41, 5.74) is 1.29. The summed E-state index contributed by atoms with van der Waals surface area (Å²) in [5, 5.41) is 0.373. The topological polar surface area (TPSA) is 37.4 Å². The molecule has 1 aromatic carbocycles. The van der Waals surface area contributed by atoms with Gasteiger partial charge in [0, 0.05) is 6.20 Å². The summed E-state index contributed by atoms with van der Waals surface area (Å²) in [7, 11) is 0. The summed E-state index contributed by atoms with van der Waals surface area (Å²) in [6, 6.07) is 9.25. The van der Waals surface area contributed by atoms with Crippen molar-refractivity contribution in [2.75, 3.05) is 0 Å². The first-order chi connectivity index (χ1) is 9.68. The van der Waals surface area contributed by atoms with Gasteiger partial charge in [0.25, 0.3) is 11.8 Å². The number of hydrogen-bond acceptors (Lipinski definition) is 2. The third kappa shape index (κ3) is 2.29. The van der Waals surface area contributed by atoms with Crippen LogP contribution in [-0.4, -0.2) is 20.7 Å². The molecule has 0 atom stereocenters. The Morgan fingerprint density at radius 1 is 1.15 bits per heavy atom. The van der Waals surface area contributed by atoms with Gasteiger partial charge in [-0.3, -0.25) is 9.59 Å². The number of imide groups is 1. The summed E-state index contributed by atoms with van der Waals surface area (Å²) in [6.45, 7) is 0. The molecule has 0 fully saturated rings. The average Bonchev–Trinajstić information content (AvgIpc) is 2.74. The second-order valence-corrected chi connectivity index (χ2v) is 6.97. The summed E-state index contributed by atoms with van der Waals surface area (Å²) in [4.78, 5) is 25.6. The molecule has 0 saturated heterocycles. The van der Waals surface area contributed by atoms with Gasteiger partial charge in [-0.25, -0.2) is 4.90 Å². The van der Waals surface area contributed by atoms with Crippen LogP contribution in [-0.2, 0) is 9.59 Å². The lowest BCUT2D eigenvalue weighted by Gasteiger charge is -2.09. The SMILES string of the molecule is O=C1C2=C(I=CC=C2)C(=O)N1/C=C(\Cl)c1ccccc1. The lowest BCUT2D eigenvalue weighted by atomic mass is 10.2. The summed E-state index contributed by atoms with van der Waals surface area (Å²) >= 11 is 5.67. The lowest BCUT2D eigenvalue weighted by molar-refractivity contribution is -0.133. The van der Waals surface area contributed by atoms with E-state index in [1.807, 2.05) is 40.4 Å². The summed E-state index contributed by atoms with van der Waals surface area (Å²) in [5.74, 6) is -0.532. The van der Waals surface area contributed by atoms with E-state index in [1.165, 1.54) is 6.20 Å². The van der Waals surface area contributed by atoms with Crippen molar-refractivity contribution in [2.45, 2.75) is 0 Å². The average molecular weight is 398 g/mol. The molecule has 3 nitrogen and oxygen atoms in total. The van der Waals surface area contributed by atoms with Gasteiger partial charge < -0.3 is 0 Å². The van der Waals surface area contributed by atoms with Crippen LogP contribution in [0.5, 0.6) is 0 Å². The fourth-order valence-electron chi connectivity index (χ4n) is 1.92. The Labute approximate surface area is 131 Å². The molecular weight excluding hydrogens is 389 g/mol. The highest BCUT2D eigenvalue weighted by atomic mass is 127. The van der Waals surface area contributed by atoms with E-state index >= 15 is 0 Å². The highest BCUT2D eigenvalue weighted by Crippen LogP contribution is 2.34. The fraction of sp³-hybridized carbons (Fsp3) is 0. The second kappa shape index (κ2) is 5.46. The van der Waals surface area contributed by atoms with Crippen molar-refractivity contribution in [3.05, 3.63) is 63.4 Å². The number of nitrogens with zero attached hydrogens (tertiary/aromatic N) is 1. The first kappa shape index (κ1) is 13.5. The standard InChI is InChI=1S/C15H9ClINO2/c16-12(10-5-2-1-3-6-10)9-18-14(19)11-7-4-8-17-13(11)15(18)20/h1-9H/b12-9-. The van der Waals surface area contributed by atoms with Crippen molar-refractivity contribution in [3.8, 4) is 0 Å². The van der Waals surface area contributed by atoms with Crippen LogP contribution >= 0.6 is 32.3 Å². The molecule has 2 aliphatic heterocycles. The highest BCUT2D eigenvalue weighted by molar-refractivity contribution is 14.2. The van der Waals surface area contributed by atoms with Crippen LogP contribution < -0.4 is 0 Å². The predicted octanol–water partition coefficient (Wildman–Crippen LogP) is 3.19. The number of halogens is 2. The molecule has 5 heteroatoms. The molecule has 1 aromatic rings. The van der Waals surface area contributed by atoms with Gasteiger partial charge in [-0.1, -0.05) is 68.7 Å². The van der Waals surface area contributed by atoms with Crippen LogP contribution in [0.15, 0.2) is 57.8 Å². The van der Waals surface area contributed by atoms with Crippen molar-refractivity contribution in [1.82, 2.24) is 4.90 Å². The fourth-order valence-corrected chi connectivity index (χ4v) is 4.19. The maximum Gasteiger partial charge on any atom is 0.271 e. The van der Waals surface area contributed by atoms with Crippen molar-refractivity contribution >= 4 is 53.2 Å². The Hall–Kier alpha value is -1.53. The number of carbonyl (C=O) groups excluding carboxylic acids is 2. The van der Waals surface area contributed by atoms with Gasteiger partial charge in [-0.15, -0.1) is 0 Å². The minimum absolute atomic E-state index is 0.243. The van der Waals surface area contributed by atoms with Gasteiger partial charge in [0.2, 0.25) is 0 Å². The third-order valence-electron chi connectivity index (χ3n) is 2.89. The van der Waals surface area contributed by atoms with Gasteiger partial charge in [-0.05, 0) is 15.7 Å². The zero-order valence-corrected chi connectivity index (χ0v) is 13.1. The molecule has 2 heterocycles. The van der Waals surface area contributed by atoms with E-state index < -0.39 is 20.7 Å². The third-order valence-corrected chi connectivity index (χ3v) is 5.65. The van der Waals surface area contributed by atoms with Crippen LogP contribution in [0.3, 0.4) is 0 Å². The van der Waals surface area contributed by atoms with E-state index in [0.717, 1.165) is 10.5 Å². The molecule has 0 N–H and O–H groups in total. The number of amides is 2. The normalized spacial score (nSPS) is 18.4. The van der Waals surface area contributed by atoms with E-state index in [-0.39, 0.29) is 11.8 Å². The molecule has 0 bridgehead atoms. The van der Waals surface area contributed by atoms with E-state index in [0.29, 0.717) is 14.2 Å². The predicted molar refractivity (Wildman–Crippen MR) is 88.4 cm³/mol. The molecule has 0 radical (unpaired) electrons. The van der Waals surface area contributed by atoms with E-state index in [4.69, 9.17) is 11.6 Å². The second-order valence-electron chi connectivity index (χ2n) is 4.15. The molecule has 0 aromatic heterocycles. The first-order valence-electron chi connectivity index (χ1n) is 5.86. The zero-order chi connectivity index (χ0) is 14.1. The van der Waals surface area contributed by atoms with Gasteiger partial charge in [-0.2, -0.15) is 0 Å². The smallest absolute Gasteiger partial charge is 0.268 e. The molecule has 20 heavy (non-hydrogen) atoms. The number of allylic oxidation sites excluding steroid dienone is 1. The molecule has 100 valence electrons. The minimum atomic E-state index is -0.521. The number of rotatable bonds is 2. The minimum Gasteiger partial charge on any atom is -0.268 e. The van der Waals surface area contributed by atoms with Gasteiger partial charge in [0.05, 0.1) is 14.2 Å². The van der Waals surface area contributed by atoms with Crippen LogP contribution in [0.4, 0.5) is 0 Å². The first-order valence-corrected chi connectivity index (χ1v) is 8.57. The Morgan fingerprint density at radius 2 is 1.90 bits per heavy atom. The van der Waals surface area contributed by atoms with Gasteiger partial charge >= 0.3 is 0 Å². The quantitative estimate of drug-likeness (QED) is 0.568. The molecule has 2 aliphatic rings. The summed E-state index contributed by atoms with van der Waals surface area (Å²) in [6.07, 6.45) is 4.95. The number of hydrogen-bond donors (Lipinski definition) is 0.